The van der Waals surface area contributed by atoms with Gasteiger partial charge in [0, 0.05) is 39.3 Å². The molecule has 2 amide bonds. The molecule has 0 heterocycles. The lowest BCUT2D eigenvalue weighted by molar-refractivity contribution is 0.0839. The fourth-order valence-corrected chi connectivity index (χ4v) is 2.70. The molecule has 0 saturated heterocycles. The maximum atomic E-state index is 12.3. The Morgan fingerprint density at radius 3 is 1.36 bits per heavy atom. The number of unbranched alkanes of at least 4 members (excludes halogenated alkanes) is 6. The molecule has 0 radical (unpaired) electrons. The van der Waals surface area contributed by atoms with Gasteiger partial charge in [0.05, 0.1) is 13.2 Å². The van der Waals surface area contributed by atoms with Gasteiger partial charge in [0.2, 0.25) is 0 Å². The third-order valence-electron chi connectivity index (χ3n) is 4.40. The van der Waals surface area contributed by atoms with Crippen molar-refractivity contribution in [3.8, 4) is 0 Å². The summed E-state index contributed by atoms with van der Waals surface area (Å²) >= 11 is 0. The molecule has 0 saturated carbocycles. The zero-order valence-electron chi connectivity index (χ0n) is 18.0. The maximum absolute atomic E-state index is 12.3. The molecule has 0 bridgehead atoms. The van der Waals surface area contributed by atoms with E-state index in [0.717, 1.165) is 51.4 Å². The summed E-state index contributed by atoms with van der Waals surface area (Å²) in [5, 5.41) is 0. The summed E-state index contributed by atoms with van der Waals surface area (Å²) in [6.07, 6.45) is 7.60. The van der Waals surface area contributed by atoms with E-state index in [1.165, 1.54) is 9.80 Å². The van der Waals surface area contributed by atoms with Crippen LogP contribution < -0.4 is 11.5 Å². The number of hydrogen-bond donors (Lipinski definition) is 2. The van der Waals surface area contributed by atoms with Crippen LogP contribution in [-0.4, -0.2) is 74.5 Å². The van der Waals surface area contributed by atoms with Gasteiger partial charge in [-0.1, -0.05) is 52.4 Å². The van der Waals surface area contributed by atoms with E-state index in [4.69, 9.17) is 20.9 Å². The van der Waals surface area contributed by atoms with Crippen LogP contribution in [-0.2, 0) is 9.47 Å². The first kappa shape index (κ1) is 26.5. The van der Waals surface area contributed by atoms with Gasteiger partial charge in [-0.25, -0.2) is 9.59 Å². The van der Waals surface area contributed by atoms with E-state index in [9.17, 15) is 9.59 Å². The van der Waals surface area contributed by atoms with Crippen LogP contribution in [0.25, 0.3) is 0 Å². The van der Waals surface area contributed by atoms with E-state index in [1.807, 2.05) is 0 Å². The van der Waals surface area contributed by atoms with Gasteiger partial charge >= 0.3 is 12.2 Å². The first-order valence-electron chi connectivity index (χ1n) is 10.8. The Hall–Kier alpha value is -1.54. The van der Waals surface area contributed by atoms with E-state index < -0.39 is 0 Å². The second-order valence-electron chi connectivity index (χ2n) is 6.90. The summed E-state index contributed by atoms with van der Waals surface area (Å²) in [5.74, 6) is 0. The number of carbonyl (C=O) groups is 2. The highest BCUT2D eigenvalue weighted by atomic mass is 16.6. The smallest absolute Gasteiger partial charge is 0.409 e. The molecule has 28 heavy (non-hydrogen) atoms. The van der Waals surface area contributed by atoms with Crippen LogP contribution in [0.5, 0.6) is 0 Å². The summed E-state index contributed by atoms with van der Waals surface area (Å²) in [7, 11) is 0. The molecule has 0 aromatic heterocycles. The van der Waals surface area contributed by atoms with Gasteiger partial charge < -0.3 is 30.7 Å². The third kappa shape index (κ3) is 13.6. The second-order valence-corrected chi connectivity index (χ2v) is 6.90. The van der Waals surface area contributed by atoms with Crippen molar-refractivity contribution in [2.45, 2.75) is 65.2 Å². The minimum Gasteiger partial charge on any atom is -0.449 e. The van der Waals surface area contributed by atoms with E-state index in [-0.39, 0.29) is 12.2 Å². The molecule has 8 heteroatoms. The van der Waals surface area contributed by atoms with Gasteiger partial charge in [0.1, 0.15) is 0 Å². The number of rotatable bonds is 17. The molecule has 0 unspecified atom stereocenters. The fraction of sp³-hybridized carbons (Fsp3) is 0.900. The zero-order valence-corrected chi connectivity index (χ0v) is 18.0. The molecule has 0 fully saturated rings. The molecular weight excluding hydrogens is 360 g/mol. The molecule has 166 valence electrons. The molecule has 0 aliphatic heterocycles. The number of nitrogens with zero attached hydrogens (tertiary/aromatic N) is 2. The van der Waals surface area contributed by atoms with Crippen molar-refractivity contribution >= 4 is 12.2 Å². The SMILES string of the molecule is CCCCCCOC(=O)N(CCN)CCN(CCN)C(=O)OCCCCCC. The van der Waals surface area contributed by atoms with E-state index in [2.05, 4.69) is 13.8 Å². The van der Waals surface area contributed by atoms with E-state index in [0.29, 0.717) is 52.5 Å². The summed E-state index contributed by atoms with van der Waals surface area (Å²) in [5.41, 5.74) is 11.2. The molecule has 0 spiro atoms. The highest BCUT2D eigenvalue weighted by molar-refractivity contribution is 5.69. The minimum atomic E-state index is -0.387. The quantitative estimate of drug-likeness (QED) is 0.362. The molecule has 0 aliphatic rings. The van der Waals surface area contributed by atoms with Crippen LogP contribution in [0.1, 0.15) is 65.2 Å². The van der Waals surface area contributed by atoms with Gasteiger partial charge in [0.15, 0.2) is 0 Å². The Bertz CT molecular complexity index is 360. The minimum absolute atomic E-state index is 0.337. The number of amides is 2. The van der Waals surface area contributed by atoms with Crippen LogP contribution in [0, 0.1) is 0 Å². The van der Waals surface area contributed by atoms with Crippen LogP contribution in [0.3, 0.4) is 0 Å². The van der Waals surface area contributed by atoms with Crippen molar-refractivity contribution in [1.29, 1.82) is 0 Å². The van der Waals surface area contributed by atoms with Crippen molar-refractivity contribution in [1.82, 2.24) is 9.80 Å². The van der Waals surface area contributed by atoms with Crippen molar-refractivity contribution < 1.29 is 19.1 Å². The van der Waals surface area contributed by atoms with Crippen LogP contribution in [0.2, 0.25) is 0 Å². The summed E-state index contributed by atoms with van der Waals surface area (Å²) < 4.78 is 10.7. The zero-order chi connectivity index (χ0) is 21.0. The number of ether oxygens (including phenoxy) is 2. The predicted molar refractivity (Wildman–Crippen MR) is 112 cm³/mol. The van der Waals surface area contributed by atoms with Gasteiger partial charge in [-0.15, -0.1) is 0 Å². The molecule has 4 N–H and O–H groups in total. The molecule has 0 rings (SSSR count). The Morgan fingerprint density at radius 1 is 0.643 bits per heavy atom. The molecule has 0 aliphatic carbocycles. The first-order valence-corrected chi connectivity index (χ1v) is 10.8. The highest BCUT2D eigenvalue weighted by Crippen LogP contribution is 2.04. The Morgan fingerprint density at radius 2 is 1.04 bits per heavy atom. The van der Waals surface area contributed by atoms with Gasteiger partial charge in [-0.05, 0) is 12.8 Å². The van der Waals surface area contributed by atoms with Crippen molar-refractivity contribution in [3.05, 3.63) is 0 Å². The van der Waals surface area contributed by atoms with Crippen LogP contribution in [0.4, 0.5) is 9.59 Å². The number of carbonyl (C=O) groups excluding carboxylic acids is 2. The van der Waals surface area contributed by atoms with Crippen molar-refractivity contribution in [3.63, 3.8) is 0 Å². The Labute approximate surface area is 170 Å². The largest absolute Gasteiger partial charge is 0.449 e. The first-order chi connectivity index (χ1) is 13.6. The monoisotopic (exact) mass is 402 g/mol. The fourth-order valence-electron chi connectivity index (χ4n) is 2.70. The van der Waals surface area contributed by atoms with Crippen molar-refractivity contribution in [2.24, 2.45) is 11.5 Å². The lowest BCUT2D eigenvalue weighted by atomic mass is 10.2. The molecule has 0 aromatic carbocycles. The van der Waals surface area contributed by atoms with Crippen molar-refractivity contribution in [2.75, 3.05) is 52.5 Å². The average Bonchev–Trinajstić information content (AvgIpc) is 2.69. The summed E-state index contributed by atoms with van der Waals surface area (Å²) in [4.78, 5) is 27.6. The van der Waals surface area contributed by atoms with E-state index in [1.54, 1.807) is 0 Å². The normalized spacial score (nSPS) is 10.6. The Balaban J connectivity index is 4.38. The molecule has 0 atom stereocenters. The maximum Gasteiger partial charge on any atom is 0.409 e. The van der Waals surface area contributed by atoms with Gasteiger partial charge in [-0.3, -0.25) is 0 Å². The average molecular weight is 403 g/mol. The lowest BCUT2D eigenvalue weighted by Crippen LogP contribution is -2.44. The summed E-state index contributed by atoms with van der Waals surface area (Å²) in [6.45, 7) is 7.22. The third-order valence-corrected chi connectivity index (χ3v) is 4.40. The lowest BCUT2D eigenvalue weighted by Gasteiger charge is -2.26. The van der Waals surface area contributed by atoms with Crippen LogP contribution in [0.15, 0.2) is 0 Å². The predicted octanol–water partition coefficient (Wildman–Crippen LogP) is 2.94. The highest BCUT2D eigenvalue weighted by Gasteiger charge is 2.19. The topological polar surface area (TPSA) is 111 Å². The summed E-state index contributed by atoms with van der Waals surface area (Å²) in [6, 6.07) is 0. The number of nitrogens with two attached hydrogens (primary N) is 2. The van der Waals surface area contributed by atoms with Gasteiger partial charge in [-0.2, -0.15) is 0 Å². The van der Waals surface area contributed by atoms with Gasteiger partial charge in [0.25, 0.3) is 0 Å². The molecule has 8 nitrogen and oxygen atoms in total. The number of hydrogen-bond acceptors (Lipinski definition) is 6. The van der Waals surface area contributed by atoms with Crippen LogP contribution >= 0.6 is 0 Å². The molecular formula is C20H42N4O4. The molecule has 0 aromatic rings. The Kier molecular flexibility index (Phi) is 17.8. The standard InChI is InChI=1S/C20H42N4O4/c1-3-5-7-9-17-27-19(25)23(13-11-21)15-16-24(14-12-22)20(26)28-18-10-8-6-4-2/h3-18,21-22H2,1-2H3. The second kappa shape index (κ2) is 18.8. The van der Waals surface area contributed by atoms with E-state index >= 15 is 0 Å².